The summed E-state index contributed by atoms with van der Waals surface area (Å²) >= 11 is 0. The van der Waals surface area contributed by atoms with Crippen LogP contribution in [0.15, 0.2) is 54.6 Å². The van der Waals surface area contributed by atoms with E-state index in [-0.39, 0.29) is 0 Å². The van der Waals surface area contributed by atoms with E-state index in [1.165, 1.54) is 27.8 Å². The third-order valence-electron chi connectivity index (χ3n) is 8.47. The predicted molar refractivity (Wildman–Crippen MR) is 174 cm³/mol. The van der Waals surface area contributed by atoms with Crippen molar-refractivity contribution in [3.63, 3.8) is 0 Å². The molecular weight excluding hydrogens is 554 g/mol. The van der Waals surface area contributed by atoms with E-state index < -0.39 is 0 Å². The van der Waals surface area contributed by atoms with Gasteiger partial charge in [0.25, 0.3) is 0 Å². The van der Waals surface area contributed by atoms with Crippen molar-refractivity contribution in [1.82, 2.24) is 4.98 Å². The van der Waals surface area contributed by atoms with Gasteiger partial charge >= 0.3 is 0 Å². The van der Waals surface area contributed by atoms with Crippen LogP contribution in [-0.2, 0) is 12.8 Å². The molecular formula is C37H37NO6. The quantitative estimate of drug-likeness (QED) is 0.197. The molecule has 0 radical (unpaired) electrons. The lowest BCUT2D eigenvalue weighted by atomic mass is 9.92. The van der Waals surface area contributed by atoms with Crippen LogP contribution in [-0.4, -0.2) is 47.6 Å². The molecule has 0 aliphatic heterocycles. The zero-order valence-corrected chi connectivity index (χ0v) is 26.1. The summed E-state index contributed by atoms with van der Waals surface area (Å²) in [6.45, 7) is 0. The highest BCUT2D eigenvalue weighted by Gasteiger charge is 2.31. The van der Waals surface area contributed by atoms with Crippen LogP contribution in [0.2, 0.25) is 0 Å². The number of methoxy groups -OCH3 is 6. The molecule has 0 atom stereocenters. The highest BCUT2D eigenvalue weighted by atomic mass is 16.5. The van der Waals surface area contributed by atoms with Crippen molar-refractivity contribution >= 4 is 23.3 Å². The second-order valence-electron chi connectivity index (χ2n) is 10.8. The number of nitrogens with zero attached hydrogens (tertiary/aromatic N) is 1. The lowest BCUT2D eigenvalue weighted by Gasteiger charge is -2.17. The number of fused-ring (bicyclic) bond motifs is 2. The Hall–Kier alpha value is -4.91. The molecule has 1 aromatic heterocycles. The molecule has 0 saturated carbocycles. The number of allylic oxidation sites excluding steroid dienone is 2. The standard InChI is InChI=1S/C37H37NO6/c1-39-29-14-7-22(19-32(29)42-4)17-25-9-12-27-35(24-11-16-31(41-3)34(21-24)44-6)28-13-10-26(37(28)38-36(25)27)18-23-8-15-30(40-2)33(20-23)43-5/h7-8,11,14-21H,9-10,12-13H2,1-6H3. The second kappa shape index (κ2) is 12.4. The van der Waals surface area contributed by atoms with Crippen molar-refractivity contribution in [1.29, 1.82) is 0 Å². The van der Waals surface area contributed by atoms with Gasteiger partial charge in [-0.25, -0.2) is 4.98 Å². The van der Waals surface area contributed by atoms with Crippen LogP contribution >= 0.6 is 0 Å². The summed E-state index contributed by atoms with van der Waals surface area (Å²) < 4.78 is 33.3. The van der Waals surface area contributed by atoms with Crippen molar-refractivity contribution < 1.29 is 28.4 Å². The number of rotatable bonds is 9. The first-order valence-electron chi connectivity index (χ1n) is 14.7. The maximum atomic E-state index is 5.71. The molecule has 2 aliphatic carbocycles. The van der Waals surface area contributed by atoms with Gasteiger partial charge < -0.3 is 28.4 Å². The Morgan fingerprint density at radius 1 is 0.477 bits per heavy atom. The molecule has 3 aromatic carbocycles. The SMILES string of the molecule is COc1ccc(C=C2CCc3c2nc2c(c3-c3ccc(OC)c(OC)c3)CCC2=Cc2ccc(OC)c(OC)c2)cc1OC. The molecule has 1 heterocycles. The van der Waals surface area contributed by atoms with Crippen LogP contribution in [0.1, 0.15) is 46.5 Å². The molecule has 0 amide bonds. The van der Waals surface area contributed by atoms with Crippen LogP contribution < -0.4 is 28.4 Å². The fourth-order valence-corrected chi connectivity index (χ4v) is 6.35. The summed E-state index contributed by atoms with van der Waals surface area (Å²) in [6, 6.07) is 18.2. The Morgan fingerprint density at radius 2 is 0.886 bits per heavy atom. The first-order valence-corrected chi connectivity index (χ1v) is 14.7. The second-order valence-corrected chi connectivity index (χ2v) is 10.8. The van der Waals surface area contributed by atoms with Crippen LogP contribution in [0.25, 0.3) is 34.4 Å². The van der Waals surface area contributed by atoms with E-state index in [9.17, 15) is 0 Å². The van der Waals surface area contributed by atoms with E-state index in [1.807, 2.05) is 30.3 Å². The van der Waals surface area contributed by atoms with Gasteiger partial charge in [-0.05, 0) is 119 Å². The summed E-state index contributed by atoms with van der Waals surface area (Å²) in [5.41, 5.74) is 11.5. The fraction of sp³-hybridized carbons (Fsp3) is 0.270. The van der Waals surface area contributed by atoms with Gasteiger partial charge in [-0.3, -0.25) is 0 Å². The fourth-order valence-electron chi connectivity index (χ4n) is 6.35. The zero-order chi connectivity index (χ0) is 30.8. The molecule has 0 bridgehead atoms. The summed E-state index contributed by atoms with van der Waals surface area (Å²) in [5.74, 6) is 4.24. The molecule has 6 rings (SSSR count). The minimum absolute atomic E-state index is 0.702. The monoisotopic (exact) mass is 591 g/mol. The van der Waals surface area contributed by atoms with E-state index in [1.54, 1.807) is 42.7 Å². The third-order valence-corrected chi connectivity index (χ3v) is 8.47. The summed E-state index contributed by atoms with van der Waals surface area (Å²) in [6.07, 6.45) is 8.06. The van der Waals surface area contributed by atoms with Crippen molar-refractivity contribution in [2.24, 2.45) is 0 Å². The first-order chi connectivity index (χ1) is 21.5. The maximum Gasteiger partial charge on any atom is 0.161 e. The highest BCUT2D eigenvalue weighted by Crippen LogP contribution is 2.48. The van der Waals surface area contributed by atoms with E-state index in [0.717, 1.165) is 53.8 Å². The summed E-state index contributed by atoms with van der Waals surface area (Å²) in [7, 11) is 9.96. The molecule has 0 saturated heterocycles. The molecule has 0 unspecified atom stereocenters. The number of hydrogen-bond acceptors (Lipinski definition) is 7. The van der Waals surface area contributed by atoms with Crippen molar-refractivity contribution in [3.05, 3.63) is 88.2 Å². The van der Waals surface area contributed by atoms with Crippen molar-refractivity contribution in [2.45, 2.75) is 25.7 Å². The molecule has 44 heavy (non-hydrogen) atoms. The third kappa shape index (κ3) is 5.23. The van der Waals surface area contributed by atoms with E-state index in [0.29, 0.717) is 34.5 Å². The lowest BCUT2D eigenvalue weighted by Crippen LogP contribution is -2.01. The molecule has 0 fully saturated rings. The minimum atomic E-state index is 0.702. The molecule has 226 valence electrons. The number of hydrogen-bond donors (Lipinski definition) is 0. The Labute approximate surface area is 258 Å². The van der Waals surface area contributed by atoms with Crippen LogP contribution in [0.3, 0.4) is 0 Å². The maximum absolute atomic E-state index is 5.71. The van der Waals surface area contributed by atoms with Gasteiger partial charge in [-0.15, -0.1) is 0 Å². The van der Waals surface area contributed by atoms with Gasteiger partial charge in [0, 0.05) is 0 Å². The minimum Gasteiger partial charge on any atom is -0.493 e. The first kappa shape index (κ1) is 29.2. The summed E-state index contributed by atoms with van der Waals surface area (Å²) in [4.78, 5) is 5.40. The number of aromatic nitrogens is 1. The molecule has 2 aliphatic rings. The van der Waals surface area contributed by atoms with E-state index in [2.05, 4.69) is 36.4 Å². The Bertz CT molecular complexity index is 1690. The van der Waals surface area contributed by atoms with Gasteiger partial charge in [0.05, 0.1) is 54.0 Å². The van der Waals surface area contributed by atoms with E-state index in [4.69, 9.17) is 33.4 Å². The normalized spacial score (nSPS) is 15.2. The van der Waals surface area contributed by atoms with Gasteiger partial charge in [-0.2, -0.15) is 0 Å². The summed E-state index contributed by atoms with van der Waals surface area (Å²) in [5, 5.41) is 0. The zero-order valence-electron chi connectivity index (χ0n) is 26.1. The molecule has 7 nitrogen and oxygen atoms in total. The predicted octanol–water partition coefficient (Wildman–Crippen LogP) is 7.77. The smallest absolute Gasteiger partial charge is 0.161 e. The van der Waals surface area contributed by atoms with Crippen LogP contribution in [0, 0.1) is 0 Å². The van der Waals surface area contributed by atoms with Gasteiger partial charge in [0.15, 0.2) is 34.5 Å². The van der Waals surface area contributed by atoms with Crippen LogP contribution in [0.4, 0.5) is 0 Å². The van der Waals surface area contributed by atoms with Gasteiger partial charge in [0.2, 0.25) is 0 Å². The van der Waals surface area contributed by atoms with E-state index >= 15 is 0 Å². The molecule has 0 N–H and O–H groups in total. The molecule has 4 aromatic rings. The molecule has 7 heteroatoms. The van der Waals surface area contributed by atoms with Crippen molar-refractivity contribution in [3.8, 4) is 45.6 Å². The highest BCUT2D eigenvalue weighted by molar-refractivity contribution is 5.94. The average molecular weight is 592 g/mol. The molecule has 0 spiro atoms. The van der Waals surface area contributed by atoms with Crippen LogP contribution in [0.5, 0.6) is 34.5 Å². The Kier molecular flexibility index (Phi) is 8.20. The largest absolute Gasteiger partial charge is 0.493 e. The Morgan fingerprint density at radius 3 is 1.32 bits per heavy atom. The number of ether oxygens (including phenoxy) is 6. The number of benzene rings is 3. The van der Waals surface area contributed by atoms with Crippen molar-refractivity contribution in [2.75, 3.05) is 42.7 Å². The average Bonchev–Trinajstić information content (AvgIpc) is 3.66. The lowest BCUT2D eigenvalue weighted by molar-refractivity contribution is 0.355. The Balaban J connectivity index is 1.53. The van der Waals surface area contributed by atoms with Gasteiger partial charge in [-0.1, -0.05) is 18.2 Å². The number of pyridine rings is 1. The van der Waals surface area contributed by atoms with Gasteiger partial charge in [0.1, 0.15) is 0 Å². The topological polar surface area (TPSA) is 68.3 Å².